The number of rotatable bonds is 16. The topological polar surface area (TPSA) is 98.0 Å². The van der Waals surface area contributed by atoms with Crippen molar-refractivity contribution >= 4 is 5.97 Å². The molecule has 0 heterocycles. The fourth-order valence-corrected chi connectivity index (χ4v) is 2.65. The maximum atomic E-state index is 10.3. The van der Waals surface area contributed by atoms with Gasteiger partial charge in [0, 0.05) is 49.5 Å². The summed E-state index contributed by atoms with van der Waals surface area (Å²) in [7, 11) is 3.00. The Balaban J connectivity index is -0.000000208. The van der Waals surface area contributed by atoms with E-state index in [-0.39, 0.29) is 21.7 Å². The summed E-state index contributed by atoms with van der Waals surface area (Å²) in [6, 6.07) is 0. The normalized spacial score (nSPS) is 8.70. The number of aliphatic hydroxyl groups excluding tert-OH is 3. The summed E-state index contributed by atoms with van der Waals surface area (Å²) in [5, 5.41) is 29.5. The van der Waals surface area contributed by atoms with Crippen molar-refractivity contribution in [3.05, 3.63) is 0 Å². The summed E-state index contributed by atoms with van der Waals surface area (Å²) in [5.74, 6) is -0.653. The van der Waals surface area contributed by atoms with Crippen LogP contribution in [0.25, 0.3) is 0 Å². The molecule has 0 saturated carbocycles. The molecule has 0 aromatic carbocycles. The standard InChI is InChI=1S/C18H36O2.3CH4O.Ti/c1-2-3-4-5-6-7-8-9-10-11-12-13-14-15-16-17-18(19)20;3*1-2;/h2-17H2,1H3,(H,19,20);3*2H,1H3;. The number of carboxylic acid groups (broad SMARTS) is 1. The molecule has 0 atom stereocenters. The first-order valence-electron chi connectivity index (χ1n) is 10.3. The van der Waals surface area contributed by atoms with Gasteiger partial charge in [0.2, 0.25) is 0 Å². The predicted molar refractivity (Wildman–Crippen MR) is 112 cm³/mol. The molecular weight excluding hydrogens is 380 g/mol. The van der Waals surface area contributed by atoms with Crippen LogP contribution in [0, 0.1) is 0 Å². The monoisotopic (exact) mass is 428 g/mol. The van der Waals surface area contributed by atoms with Gasteiger partial charge in [-0.1, -0.05) is 96.8 Å². The van der Waals surface area contributed by atoms with Gasteiger partial charge in [-0.05, 0) is 6.42 Å². The molecule has 0 aliphatic heterocycles. The first kappa shape index (κ1) is 37.8. The third-order valence-electron chi connectivity index (χ3n) is 3.99. The molecule has 4 N–H and O–H groups in total. The average Bonchev–Trinajstić information content (AvgIpc) is 2.69. The van der Waals surface area contributed by atoms with E-state index >= 15 is 0 Å². The third-order valence-corrected chi connectivity index (χ3v) is 3.99. The molecule has 0 aliphatic carbocycles. The van der Waals surface area contributed by atoms with Gasteiger partial charge in [0.15, 0.2) is 0 Å². The van der Waals surface area contributed by atoms with Crippen molar-refractivity contribution in [1.82, 2.24) is 0 Å². The Morgan fingerprint density at radius 1 is 0.519 bits per heavy atom. The van der Waals surface area contributed by atoms with Gasteiger partial charge in [-0.3, -0.25) is 4.79 Å². The van der Waals surface area contributed by atoms with Crippen molar-refractivity contribution in [2.24, 2.45) is 0 Å². The van der Waals surface area contributed by atoms with Gasteiger partial charge < -0.3 is 20.4 Å². The molecule has 0 saturated heterocycles. The summed E-state index contributed by atoms with van der Waals surface area (Å²) in [5.41, 5.74) is 0. The van der Waals surface area contributed by atoms with E-state index in [2.05, 4.69) is 6.92 Å². The van der Waals surface area contributed by atoms with E-state index in [1.54, 1.807) is 0 Å². The quantitative estimate of drug-likeness (QED) is 0.201. The minimum atomic E-state index is -0.653. The van der Waals surface area contributed by atoms with Gasteiger partial charge >= 0.3 is 5.97 Å². The van der Waals surface area contributed by atoms with Crippen molar-refractivity contribution in [3.63, 3.8) is 0 Å². The number of carboxylic acids is 1. The number of unbranched alkanes of at least 4 members (excludes halogenated alkanes) is 14. The van der Waals surface area contributed by atoms with E-state index in [1.807, 2.05) is 0 Å². The minimum Gasteiger partial charge on any atom is -0.481 e. The minimum absolute atomic E-state index is 0. The molecule has 0 aromatic heterocycles. The number of aliphatic carboxylic acids is 1. The largest absolute Gasteiger partial charge is 0.481 e. The predicted octanol–water partition coefficient (Wildman–Crippen LogP) is 5.16. The molecule has 0 fully saturated rings. The molecule has 0 radical (unpaired) electrons. The first-order chi connectivity index (χ1) is 12.8. The molecule has 0 aliphatic rings. The van der Waals surface area contributed by atoms with Gasteiger partial charge in [0.1, 0.15) is 0 Å². The zero-order chi connectivity index (χ0) is 20.9. The Morgan fingerprint density at radius 2 is 0.741 bits per heavy atom. The molecule has 5 nitrogen and oxygen atoms in total. The van der Waals surface area contributed by atoms with Crippen LogP contribution in [0.2, 0.25) is 0 Å². The maximum Gasteiger partial charge on any atom is 0.303 e. The number of hydrogen-bond donors (Lipinski definition) is 4. The Kier molecular flexibility index (Phi) is 63.0. The number of carbonyl (C=O) groups is 1. The Hall–Kier alpha value is 0.0643. The van der Waals surface area contributed by atoms with Crippen LogP contribution >= 0.6 is 0 Å². The smallest absolute Gasteiger partial charge is 0.303 e. The van der Waals surface area contributed by atoms with Crippen molar-refractivity contribution in [2.45, 2.75) is 110 Å². The third kappa shape index (κ3) is 51.8. The molecule has 0 spiro atoms. The fraction of sp³-hybridized carbons (Fsp3) is 0.952. The summed E-state index contributed by atoms with van der Waals surface area (Å²) in [6.07, 6.45) is 20.2. The summed E-state index contributed by atoms with van der Waals surface area (Å²) in [6.45, 7) is 2.27. The van der Waals surface area contributed by atoms with Crippen LogP contribution in [-0.2, 0) is 26.5 Å². The second-order valence-electron chi connectivity index (χ2n) is 6.09. The SMILES string of the molecule is CCCCCCCCCCCCCCCCCC(=O)O.CO.CO.CO.[Ti]. The molecular formula is C21H48O5Ti. The van der Waals surface area contributed by atoms with Crippen molar-refractivity contribution in [1.29, 1.82) is 0 Å². The van der Waals surface area contributed by atoms with Gasteiger partial charge in [0.25, 0.3) is 0 Å². The molecule has 27 heavy (non-hydrogen) atoms. The molecule has 0 bridgehead atoms. The van der Waals surface area contributed by atoms with E-state index in [4.69, 9.17) is 20.4 Å². The second kappa shape index (κ2) is 45.1. The summed E-state index contributed by atoms with van der Waals surface area (Å²) in [4.78, 5) is 10.3. The molecule has 166 valence electrons. The molecule has 0 amide bonds. The second-order valence-corrected chi connectivity index (χ2v) is 6.09. The Labute approximate surface area is 183 Å². The van der Waals surface area contributed by atoms with Crippen LogP contribution in [0.1, 0.15) is 110 Å². The molecule has 0 unspecified atom stereocenters. The van der Waals surface area contributed by atoms with Crippen LogP contribution in [0.5, 0.6) is 0 Å². The van der Waals surface area contributed by atoms with Gasteiger partial charge in [-0.25, -0.2) is 0 Å². The van der Waals surface area contributed by atoms with Crippen molar-refractivity contribution in [3.8, 4) is 0 Å². The van der Waals surface area contributed by atoms with Crippen LogP contribution in [0.15, 0.2) is 0 Å². The fourth-order valence-electron chi connectivity index (χ4n) is 2.65. The zero-order valence-electron chi connectivity index (χ0n) is 18.5. The average molecular weight is 428 g/mol. The van der Waals surface area contributed by atoms with Crippen LogP contribution in [-0.4, -0.2) is 47.7 Å². The summed E-state index contributed by atoms with van der Waals surface area (Å²) < 4.78 is 0. The van der Waals surface area contributed by atoms with E-state index in [0.717, 1.165) is 34.2 Å². The molecule has 0 aromatic rings. The molecule has 6 heteroatoms. The molecule has 0 rings (SSSR count). The first-order valence-corrected chi connectivity index (χ1v) is 10.3. The zero-order valence-corrected chi connectivity index (χ0v) is 20.1. The van der Waals surface area contributed by atoms with E-state index in [0.29, 0.717) is 6.42 Å². The number of hydrogen-bond acceptors (Lipinski definition) is 4. The Bertz CT molecular complexity index is 217. The van der Waals surface area contributed by atoms with E-state index in [1.165, 1.54) is 83.5 Å². The van der Waals surface area contributed by atoms with Crippen molar-refractivity contribution < 1.29 is 46.9 Å². The maximum absolute atomic E-state index is 10.3. The van der Waals surface area contributed by atoms with Crippen molar-refractivity contribution in [2.75, 3.05) is 21.3 Å². The van der Waals surface area contributed by atoms with E-state index in [9.17, 15) is 4.79 Å². The number of aliphatic hydroxyl groups is 3. The van der Waals surface area contributed by atoms with Crippen LogP contribution in [0.4, 0.5) is 0 Å². The van der Waals surface area contributed by atoms with Gasteiger partial charge in [-0.15, -0.1) is 0 Å². The Morgan fingerprint density at radius 3 is 0.963 bits per heavy atom. The van der Waals surface area contributed by atoms with Crippen LogP contribution in [0.3, 0.4) is 0 Å². The van der Waals surface area contributed by atoms with Gasteiger partial charge in [0.05, 0.1) is 0 Å². The van der Waals surface area contributed by atoms with E-state index < -0.39 is 5.97 Å². The van der Waals surface area contributed by atoms with Crippen LogP contribution < -0.4 is 0 Å². The van der Waals surface area contributed by atoms with Gasteiger partial charge in [-0.2, -0.15) is 0 Å². The summed E-state index contributed by atoms with van der Waals surface area (Å²) >= 11 is 0.